The molecule has 1 atom stereocenters. The highest BCUT2D eigenvalue weighted by molar-refractivity contribution is 9.10. The highest BCUT2D eigenvalue weighted by Gasteiger charge is 2.18. The summed E-state index contributed by atoms with van der Waals surface area (Å²) in [7, 11) is 1.63. The van der Waals surface area contributed by atoms with E-state index < -0.39 is 0 Å². The summed E-state index contributed by atoms with van der Waals surface area (Å²) in [5, 5.41) is 14.8. The summed E-state index contributed by atoms with van der Waals surface area (Å²) in [5.74, 6) is 0.702. The number of ether oxygens (including phenoxy) is 1. The topological polar surface area (TPSA) is 76.1 Å². The molecule has 2 aromatic carbocycles. The third kappa shape index (κ3) is 5.46. The van der Waals surface area contributed by atoms with Crippen molar-refractivity contribution in [1.29, 1.82) is 0 Å². The molecule has 3 rings (SSSR count). The molecular formula is C19H19BrN4O2S2. The molecule has 1 aromatic heterocycles. The SMILES string of the molecule is COc1ccc(Nc2nnc(SC(C)C(=O)Nc3ccc(C)cc3Br)s2)cc1. The maximum atomic E-state index is 12.5. The van der Waals surface area contributed by atoms with Crippen LogP contribution in [0.4, 0.5) is 16.5 Å². The van der Waals surface area contributed by atoms with E-state index in [1.54, 1.807) is 7.11 Å². The number of nitrogens with one attached hydrogen (secondary N) is 2. The first kappa shape index (κ1) is 20.6. The van der Waals surface area contributed by atoms with Gasteiger partial charge in [0.25, 0.3) is 0 Å². The number of aryl methyl sites for hydroxylation is 1. The van der Waals surface area contributed by atoms with Gasteiger partial charge in [-0.25, -0.2) is 0 Å². The fourth-order valence-electron chi connectivity index (χ4n) is 2.27. The summed E-state index contributed by atoms with van der Waals surface area (Å²) < 4.78 is 6.73. The fourth-order valence-corrected chi connectivity index (χ4v) is 4.77. The molecule has 1 unspecified atom stereocenters. The van der Waals surface area contributed by atoms with E-state index in [1.165, 1.54) is 23.1 Å². The molecule has 28 heavy (non-hydrogen) atoms. The smallest absolute Gasteiger partial charge is 0.237 e. The third-order valence-corrected chi connectivity index (χ3v) is 6.46. The molecule has 0 saturated carbocycles. The summed E-state index contributed by atoms with van der Waals surface area (Å²) in [6.45, 7) is 3.85. The normalized spacial score (nSPS) is 11.7. The minimum atomic E-state index is -0.310. The minimum absolute atomic E-state index is 0.0885. The molecule has 1 amide bonds. The van der Waals surface area contributed by atoms with Crippen LogP contribution in [0.2, 0.25) is 0 Å². The summed E-state index contributed by atoms with van der Waals surface area (Å²) in [6.07, 6.45) is 0. The van der Waals surface area contributed by atoms with Crippen molar-refractivity contribution in [3.05, 3.63) is 52.5 Å². The number of carbonyl (C=O) groups excluding carboxylic acids is 1. The van der Waals surface area contributed by atoms with E-state index in [9.17, 15) is 4.79 Å². The molecular weight excluding hydrogens is 460 g/mol. The number of halogens is 1. The standard InChI is InChI=1S/C19H19BrN4O2S2/c1-11-4-9-16(15(20)10-11)22-17(25)12(2)27-19-24-23-18(28-19)21-13-5-7-14(26-3)8-6-13/h4-10,12H,1-3H3,(H,21,23)(H,22,25). The van der Waals surface area contributed by atoms with E-state index in [-0.39, 0.29) is 11.2 Å². The lowest BCUT2D eigenvalue weighted by Crippen LogP contribution is -2.22. The lowest BCUT2D eigenvalue weighted by Gasteiger charge is -2.12. The molecule has 0 spiro atoms. The summed E-state index contributed by atoms with van der Waals surface area (Å²) in [5.41, 5.74) is 2.77. The number of methoxy groups -OCH3 is 1. The van der Waals surface area contributed by atoms with Crippen LogP contribution in [0.3, 0.4) is 0 Å². The first-order valence-electron chi connectivity index (χ1n) is 8.43. The van der Waals surface area contributed by atoms with Crippen LogP contribution in [0.25, 0.3) is 0 Å². The van der Waals surface area contributed by atoms with Gasteiger partial charge < -0.3 is 15.4 Å². The zero-order valence-electron chi connectivity index (χ0n) is 15.5. The number of amides is 1. The maximum absolute atomic E-state index is 12.5. The highest BCUT2D eigenvalue weighted by Crippen LogP contribution is 2.32. The second kappa shape index (κ2) is 9.40. The number of hydrogen-bond donors (Lipinski definition) is 2. The molecule has 0 saturated heterocycles. The number of carbonyl (C=O) groups is 1. The molecule has 0 aliphatic heterocycles. The first-order valence-corrected chi connectivity index (χ1v) is 10.9. The van der Waals surface area contributed by atoms with Gasteiger partial charge in [-0.1, -0.05) is 29.2 Å². The molecule has 0 aliphatic carbocycles. The molecule has 0 radical (unpaired) electrons. The van der Waals surface area contributed by atoms with E-state index in [1.807, 2.05) is 56.3 Å². The Labute approximate surface area is 180 Å². The Balaban J connectivity index is 1.58. The van der Waals surface area contributed by atoms with Crippen LogP contribution in [0.15, 0.2) is 51.3 Å². The lowest BCUT2D eigenvalue weighted by atomic mass is 10.2. The summed E-state index contributed by atoms with van der Waals surface area (Å²) in [4.78, 5) is 12.5. The number of thioether (sulfide) groups is 1. The monoisotopic (exact) mass is 478 g/mol. The number of anilines is 3. The molecule has 0 fully saturated rings. The van der Waals surface area contributed by atoms with Crippen molar-refractivity contribution in [3.8, 4) is 5.75 Å². The van der Waals surface area contributed by atoms with Crippen LogP contribution in [-0.2, 0) is 4.79 Å². The Morgan fingerprint density at radius 1 is 1.21 bits per heavy atom. The number of nitrogens with zero attached hydrogens (tertiary/aromatic N) is 2. The molecule has 9 heteroatoms. The predicted octanol–water partition coefficient (Wildman–Crippen LogP) is 5.48. The van der Waals surface area contributed by atoms with E-state index >= 15 is 0 Å². The average Bonchev–Trinajstić information content (AvgIpc) is 3.11. The van der Waals surface area contributed by atoms with Crippen LogP contribution in [-0.4, -0.2) is 28.5 Å². The maximum Gasteiger partial charge on any atom is 0.237 e. The minimum Gasteiger partial charge on any atom is -0.497 e. The van der Waals surface area contributed by atoms with Gasteiger partial charge in [-0.2, -0.15) is 0 Å². The van der Waals surface area contributed by atoms with Gasteiger partial charge >= 0.3 is 0 Å². The molecule has 0 aliphatic rings. The number of hydrogen-bond acceptors (Lipinski definition) is 7. The van der Waals surface area contributed by atoms with Crippen molar-refractivity contribution in [3.63, 3.8) is 0 Å². The molecule has 0 bridgehead atoms. The Bertz CT molecular complexity index is 963. The van der Waals surface area contributed by atoms with E-state index in [2.05, 4.69) is 36.8 Å². The molecule has 146 valence electrons. The quantitative estimate of drug-likeness (QED) is 0.437. The fraction of sp³-hybridized carbons (Fsp3) is 0.211. The summed E-state index contributed by atoms with van der Waals surface area (Å²) in [6, 6.07) is 13.4. The van der Waals surface area contributed by atoms with Crippen molar-refractivity contribution in [2.24, 2.45) is 0 Å². The zero-order valence-corrected chi connectivity index (χ0v) is 18.7. The van der Waals surface area contributed by atoms with Crippen LogP contribution in [0.5, 0.6) is 5.75 Å². The van der Waals surface area contributed by atoms with Gasteiger partial charge in [0.2, 0.25) is 11.0 Å². The van der Waals surface area contributed by atoms with Crippen molar-refractivity contribution >= 4 is 61.4 Å². The van der Waals surface area contributed by atoms with Crippen molar-refractivity contribution in [2.75, 3.05) is 17.7 Å². The zero-order chi connectivity index (χ0) is 20.1. The molecule has 1 heterocycles. The van der Waals surface area contributed by atoms with Crippen molar-refractivity contribution in [2.45, 2.75) is 23.4 Å². The Hall–Kier alpha value is -2.10. The predicted molar refractivity (Wildman–Crippen MR) is 119 cm³/mol. The Kier molecular flexibility index (Phi) is 6.93. The molecule has 2 N–H and O–H groups in total. The highest BCUT2D eigenvalue weighted by atomic mass is 79.9. The van der Waals surface area contributed by atoms with E-state index in [0.29, 0.717) is 5.13 Å². The third-order valence-electron chi connectivity index (χ3n) is 3.78. The van der Waals surface area contributed by atoms with Crippen LogP contribution >= 0.6 is 39.0 Å². The number of rotatable bonds is 7. The second-order valence-electron chi connectivity index (χ2n) is 5.96. The van der Waals surface area contributed by atoms with Crippen LogP contribution < -0.4 is 15.4 Å². The van der Waals surface area contributed by atoms with Gasteiger partial charge in [0, 0.05) is 10.2 Å². The second-order valence-corrected chi connectivity index (χ2v) is 9.38. The number of benzene rings is 2. The van der Waals surface area contributed by atoms with Gasteiger partial charge in [-0.15, -0.1) is 10.2 Å². The Morgan fingerprint density at radius 3 is 2.64 bits per heavy atom. The van der Waals surface area contributed by atoms with Gasteiger partial charge in [0.05, 0.1) is 18.0 Å². The molecule has 3 aromatic rings. The first-order chi connectivity index (χ1) is 13.4. The molecule has 6 nitrogen and oxygen atoms in total. The Morgan fingerprint density at radius 2 is 1.96 bits per heavy atom. The van der Waals surface area contributed by atoms with Gasteiger partial charge in [-0.05, 0) is 71.7 Å². The van der Waals surface area contributed by atoms with Crippen molar-refractivity contribution < 1.29 is 9.53 Å². The van der Waals surface area contributed by atoms with Crippen LogP contribution in [0.1, 0.15) is 12.5 Å². The average molecular weight is 479 g/mol. The summed E-state index contributed by atoms with van der Waals surface area (Å²) >= 11 is 6.26. The van der Waals surface area contributed by atoms with Gasteiger partial charge in [-0.3, -0.25) is 4.79 Å². The number of aromatic nitrogens is 2. The largest absolute Gasteiger partial charge is 0.497 e. The van der Waals surface area contributed by atoms with Crippen molar-refractivity contribution in [1.82, 2.24) is 10.2 Å². The van der Waals surface area contributed by atoms with E-state index in [4.69, 9.17) is 4.74 Å². The van der Waals surface area contributed by atoms with Gasteiger partial charge in [0.1, 0.15) is 5.75 Å². The van der Waals surface area contributed by atoms with Gasteiger partial charge in [0.15, 0.2) is 4.34 Å². The lowest BCUT2D eigenvalue weighted by molar-refractivity contribution is -0.115. The van der Waals surface area contributed by atoms with E-state index in [0.717, 1.165) is 31.5 Å². The van der Waals surface area contributed by atoms with Crippen LogP contribution in [0, 0.1) is 6.92 Å².